The fourth-order valence-corrected chi connectivity index (χ4v) is 3.02. The van der Waals surface area contributed by atoms with Crippen molar-refractivity contribution in [2.45, 2.75) is 26.4 Å². The number of fused-ring (bicyclic) bond motifs is 4. The molecule has 0 amide bonds. The molecule has 0 saturated carbocycles. The van der Waals surface area contributed by atoms with Crippen LogP contribution in [0.15, 0.2) is 36.4 Å². The van der Waals surface area contributed by atoms with E-state index in [9.17, 15) is 0 Å². The van der Waals surface area contributed by atoms with Crippen LogP contribution < -0.4 is 19.5 Å². The van der Waals surface area contributed by atoms with E-state index in [1.807, 2.05) is 61.7 Å². The second-order valence-electron chi connectivity index (χ2n) is 7.38. The summed E-state index contributed by atoms with van der Waals surface area (Å²) in [5.74, 6) is 3.41. The van der Waals surface area contributed by atoms with Crippen LogP contribution >= 0.6 is 0 Å². The third kappa shape index (κ3) is 2.88. The van der Waals surface area contributed by atoms with Gasteiger partial charge < -0.3 is 19.5 Å². The van der Waals surface area contributed by atoms with Gasteiger partial charge in [0.15, 0.2) is 11.5 Å². The Morgan fingerprint density at radius 3 is 2.56 bits per heavy atom. The van der Waals surface area contributed by atoms with Crippen LogP contribution in [-0.2, 0) is 0 Å². The average Bonchev–Trinajstić information content (AvgIpc) is 3.27. The van der Waals surface area contributed by atoms with Crippen LogP contribution in [0.2, 0.25) is 0 Å². The van der Waals surface area contributed by atoms with Crippen molar-refractivity contribution in [3.8, 4) is 17.2 Å². The second kappa shape index (κ2) is 5.54. The van der Waals surface area contributed by atoms with Crippen molar-refractivity contribution in [2.75, 3.05) is 12.1 Å². The van der Waals surface area contributed by atoms with Crippen LogP contribution in [0.25, 0.3) is 16.8 Å². The van der Waals surface area contributed by atoms with E-state index in [1.54, 1.807) is 0 Å². The summed E-state index contributed by atoms with van der Waals surface area (Å²) in [6.07, 6.45) is 0. The van der Waals surface area contributed by atoms with E-state index >= 15 is 0 Å². The Labute approximate surface area is 155 Å². The molecule has 27 heavy (non-hydrogen) atoms. The lowest BCUT2D eigenvalue weighted by Gasteiger charge is -2.21. The van der Waals surface area contributed by atoms with Crippen molar-refractivity contribution in [3.05, 3.63) is 36.4 Å². The fraction of sp³-hybridized carbons (Fsp3) is 0.263. The smallest absolute Gasteiger partial charge is 0.253 e. The standard InChI is InChI=1S/C19H19N5O3/c1-19(2,3)27-12-6-4-11(5-7-12)20-17-22-18-21-13-8-15-16(26-10-25-15)9-14(13)24(18)23-17/h4-9H,10H2,1-3H3,(H2,20,21,22,23). The number of hydrogen-bond acceptors (Lipinski definition) is 6. The van der Waals surface area contributed by atoms with E-state index in [0.717, 1.165) is 22.5 Å². The Bertz CT molecular complexity index is 1140. The van der Waals surface area contributed by atoms with Gasteiger partial charge in [0.05, 0.1) is 11.0 Å². The fourth-order valence-electron chi connectivity index (χ4n) is 3.02. The van der Waals surface area contributed by atoms with Crippen LogP contribution in [0.3, 0.4) is 0 Å². The number of benzene rings is 2. The molecule has 0 bridgehead atoms. The van der Waals surface area contributed by atoms with Crippen molar-refractivity contribution in [3.63, 3.8) is 0 Å². The van der Waals surface area contributed by atoms with Crippen LogP contribution in [0, 0.1) is 0 Å². The summed E-state index contributed by atoms with van der Waals surface area (Å²) >= 11 is 0. The molecule has 0 saturated heterocycles. The first-order valence-electron chi connectivity index (χ1n) is 8.69. The molecule has 8 nitrogen and oxygen atoms in total. The topological polar surface area (TPSA) is 85.7 Å². The highest BCUT2D eigenvalue weighted by Gasteiger charge is 2.18. The van der Waals surface area contributed by atoms with Crippen LogP contribution in [0.5, 0.6) is 17.2 Å². The third-order valence-electron chi connectivity index (χ3n) is 4.10. The van der Waals surface area contributed by atoms with Crippen LogP contribution in [0.4, 0.5) is 11.6 Å². The van der Waals surface area contributed by atoms with E-state index in [2.05, 4.69) is 20.4 Å². The molecular formula is C19H19N5O3. The summed E-state index contributed by atoms with van der Waals surface area (Å²) < 4.78 is 18.5. The van der Waals surface area contributed by atoms with E-state index in [0.29, 0.717) is 23.2 Å². The lowest BCUT2D eigenvalue weighted by Crippen LogP contribution is -2.22. The van der Waals surface area contributed by atoms with Crippen molar-refractivity contribution in [1.29, 1.82) is 0 Å². The quantitative estimate of drug-likeness (QED) is 0.573. The van der Waals surface area contributed by atoms with E-state index < -0.39 is 0 Å². The van der Waals surface area contributed by atoms with Gasteiger partial charge in [-0.05, 0) is 45.0 Å². The number of aromatic nitrogens is 4. The highest BCUT2D eigenvalue weighted by molar-refractivity contribution is 5.83. The minimum absolute atomic E-state index is 0.225. The first-order valence-corrected chi connectivity index (χ1v) is 8.69. The van der Waals surface area contributed by atoms with Crippen molar-refractivity contribution in [2.24, 2.45) is 0 Å². The van der Waals surface area contributed by atoms with Gasteiger partial charge in [-0.15, -0.1) is 0 Å². The van der Waals surface area contributed by atoms with Gasteiger partial charge in [-0.1, -0.05) is 0 Å². The molecule has 0 atom stereocenters. The maximum absolute atomic E-state index is 5.84. The normalized spacial score (nSPS) is 13.4. The number of rotatable bonds is 3. The van der Waals surface area contributed by atoms with Gasteiger partial charge in [0.1, 0.15) is 11.4 Å². The predicted molar refractivity (Wildman–Crippen MR) is 101 cm³/mol. The molecule has 0 radical (unpaired) electrons. The summed E-state index contributed by atoms with van der Waals surface area (Å²) in [5.41, 5.74) is 2.35. The largest absolute Gasteiger partial charge is 0.488 e. The molecule has 3 heterocycles. The highest BCUT2D eigenvalue weighted by atomic mass is 16.7. The molecule has 0 spiro atoms. The SMILES string of the molecule is CC(C)(C)Oc1ccc(Nc2nc3nc4cc5c(cc4n3[nH]2)OCO5)cc1. The number of hydrogen-bond donors (Lipinski definition) is 2. The summed E-state index contributed by atoms with van der Waals surface area (Å²) in [5, 5.41) is 6.46. The Morgan fingerprint density at radius 1 is 1.07 bits per heavy atom. The molecule has 2 N–H and O–H groups in total. The summed E-state index contributed by atoms with van der Waals surface area (Å²) in [7, 11) is 0. The summed E-state index contributed by atoms with van der Waals surface area (Å²) in [6.45, 7) is 6.30. The van der Waals surface area contributed by atoms with Gasteiger partial charge in [-0.25, -0.2) is 9.50 Å². The Morgan fingerprint density at radius 2 is 1.81 bits per heavy atom. The molecule has 1 aliphatic heterocycles. The van der Waals surface area contributed by atoms with Crippen molar-refractivity contribution in [1.82, 2.24) is 19.6 Å². The minimum Gasteiger partial charge on any atom is -0.488 e. The van der Waals surface area contributed by atoms with E-state index in [1.165, 1.54) is 0 Å². The van der Waals surface area contributed by atoms with Crippen molar-refractivity contribution < 1.29 is 14.2 Å². The molecule has 0 aliphatic carbocycles. The van der Waals surface area contributed by atoms with Gasteiger partial charge >= 0.3 is 0 Å². The van der Waals surface area contributed by atoms with Gasteiger partial charge in [0.25, 0.3) is 5.78 Å². The Balaban J connectivity index is 1.42. The van der Waals surface area contributed by atoms with Crippen LogP contribution in [-0.4, -0.2) is 32.0 Å². The number of H-pyrrole nitrogens is 1. The number of anilines is 2. The maximum atomic E-state index is 5.84. The Kier molecular flexibility index (Phi) is 3.24. The van der Waals surface area contributed by atoms with E-state index in [4.69, 9.17) is 14.2 Å². The molecule has 2 aromatic carbocycles. The number of ether oxygens (including phenoxy) is 3. The Hall–Kier alpha value is -3.42. The molecule has 138 valence electrons. The zero-order valence-corrected chi connectivity index (χ0v) is 15.2. The number of nitrogens with zero attached hydrogens (tertiary/aromatic N) is 3. The molecule has 8 heteroatoms. The summed E-state index contributed by atoms with van der Waals surface area (Å²) in [6, 6.07) is 11.5. The van der Waals surface area contributed by atoms with Crippen molar-refractivity contribution >= 4 is 28.4 Å². The molecule has 5 rings (SSSR count). The number of nitrogens with one attached hydrogen (secondary N) is 2. The lowest BCUT2D eigenvalue weighted by atomic mass is 10.2. The summed E-state index contributed by atoms with van der Waals surface area (Å²) in [4.78, 5) is 9.04. The van der Waals surface area contributed by atoms with Crippen LogP contribution in [0.1, 0.15) is 20.8 Å². The minimum atomic E-state index is -0.225. The molecule has 4 aromatic rings. The first kappa shape index (κ1) is 15.8. The highest BCUT2D eigenvalue weighted by Crippen LogP contribution is 2.36. The van der Waals surface area contributed by atoms with Gasteiger partial charge in [-0.2, -0.15) is 4.98 Å². The first-order chi connectivity index (χ1) is 12.9. The monoisotopic (exact) mass is 365 g/mol. The molecule has 1 aliphatic rings. The van der Waals surface area contributed by atoms with E-state index in [-0.39, 0.29) is 12.4 Å². The number of imidazole rings is 1. The van der Waals surface area contributed by atoms with Gasteiger partial charge in [0.2, 0.25) is 12.7 Å². The zero-order valence-electron chi connectivity index (χ0n) is 15.2. The maximum Gasteiger partial charge on any atom is 0.253 e. The molecular weight excluding hydrogens is 346 g/mol. The predicted octanol–water partition coefficient (Wildman–Crippen LogP) is 3.86. The lowest BCUT2D eigenvalue weighted by molar-refractivity contribution is 0.131. The number of aromatic amines is 1. The molecule has 0 fully saturated rings. The molecule has 0 unspecified atom stereocenters. The van der Waals surface area contributed by atoms with Gasteiger partial charge in [-0.3, -0.25) is 5.10 Å². The molecule has 2 aromatic heterocycles. The zero-order chi connectivity index (χ0) is 18.6. The van der Waals surface area contributed by atoms with Gasteiger partial charge in [0, 0.05) is 17.8 Å². The second-order valence-corrected chi connectivity index (χ2v) is 7.38. The average molecular weight is 365 g/mol. The third-order valence-corrected chi connectivity index (χ3v) is 4.10.